The SMILES string of the molecule is Cc1cccc(C(=O)NCc2ccc(CN3CCCC3)cc2)c1. The molecule has 3 nitrogen and oxygen atoms in total. The fraction of sp³-hybridized carbons (Fsp3) is 0.350. The molecule has 1 aliphatic heterocycles. The first-order valence-corrected chi connectivity index (χ1v) is 8.36. The lowest BCUT2D eigenvalue weighted by molar-refractivity contribution is 0.0951. The topological polar surface area (TPSA) is 32.3 Å². The number of hydrogen-bond donors (Lipinski definition) is 1. The Hall–Kier alpha value is -2.13. The van der Waals surface area contributed by atoms with Gasteiger partial charge in [0.15, 0.2) is 0 Å². The van der Waals surface area contributed by atoms with Crippen LogP contribution in [0.4, 0.5) is 0 Å². The van der Waals surface area contributed by atoms with Crippen LogP contribution in [0.3, 0.4) is 0 Å². The Morgan fingerprint density at radius 2 is 1.74 bits per heavy atom. The van der Waals surface area contributed by atoms with Crippen LogP contribution in [0.15, 0.2) is 48.5 Å². The van der Waals surface area contributed by atoms with Crippen molar-refractivity contribution in [1.82, 2.24) is 10.2 Å². The van der Waals surface area contributed by atoms with Gasteiger partial charge in [-0.2, -0.15) is 0 Å². The van der Waals surface area contributed by atoms with E-state index in [1.807, 2.05) is 31.2 Å². The van der Waals surface area contributed by atoms with Gasteiger partial charge < -0.3 is 5.32 Å². The van der Waals surface area contributed by atoms with Crippen molar-refractivity contribution in [2.24, 2.45) is 0 Å². The van der Waals surface area contributed by atoms with E-state index in [9.17, 15) is 4.79 Å². The van der Waals surface area contributed by atoms with Gasteiger partial charge in [-0.1, -0.05) is 42.0 Å². The van der Waals surface area contributed by atoms with Gasteiger partial charge in [0.2, 0.25) is 0 Å². The Labute approximate surface area is 138 Å². The van der Waals surface area contributed by atoms with Crippen molar-refractivity contribution in [1.29, 1.82) is 0 Å². The molecule has 1 N–H and O–H groups in total. The van der Waals surface area contributed by atoms with Crippen LogP contribution in [0, 0.1) is 6.92 Å². The van der Waals surface area contributed by atoms with E-state index in [4.69, 9.17) is 0 Å². The molecule has 1 fully saturated rings. The summed E-state index contributed by atoms with van der Waals surface area (Å²) in [4.78, 5) is 14.6. The fourth-order valence-electron chi connectivity index (χ4n) is 3.03. The highest BCUT2D eigenvalue weighted by atomic mass is 16.1. The van der Waals surface area contributed by atoms with Crippen LogP contribution >= 0.6 is 0 Å². The summed E-state index contributed by atoms with van der Waals surface area (Å²) in [5, 5.41) is 2.99. The minimum Gasteiger partial charge on any atom is -0.348 e. The van der Waals surface area contributed by atoms with Crippen LogP contribution in [0.5, 0.6) is 0 Å². The Morgan fingerprint density at radius 3 is 2.43 bits per heavy atom. The third kappa shape index (κ3) is 4.42. The monoisotopic (exact) mass is 308 g/mol. The highest BCUT2D eigenvalue weighted by molar-refractivity contribution is 5.94. The maximum Gasteiger partial charge on any atom is 0.251 e. The zero-order chi connectivity index (χ0) is 16.1. The Bertz CT molecular complexity index is 658. The van der Waals surface area contributed by atoms with Gasteiger partial charge in [-0.25, -0.2) is 0 Å². The molecule has 3 rings (SSSR count). The van der Waals surface area contributed by atoms with Crippen LogP contribution in [0.2, 0.25) is 0 Å². The van der Waals surface area contributed by atoms with Gasteiger partial charge in [0.05, 0.1) is 0 Å². The molecule has 0 radical (unpaired) electrons. The molecule has 23 heavy (non-hydrogen) atoms. The summed E-state index contributed by atoms with van der Waals surface area (Å²) < 4.78 is 0. The van der Waals surface area contributed by atoms with Crippen LogP contribution in [-0.2, 0) is 13.1 Å². The zero-order valence-corrected chi connectivity index (χ0v) is 13.7. The highest BCUT2D eigenvalue weighted by Gasteiger charge is 2.11. The molecule has 0 bridgehead atoms. The second-order valence-corrected chi connectivity index (χ2v) is 6.35. The Kier molecular flexibility index (Phi) is 5.09. The molecule has 0 aromatic heterocycles. The zero-order valence-electron chi connectivity index (χ0n) is 13.7. The second kappa shape index (κ2) is 7.42. The maximum absolute atomic E-state index is 12.1. The van der Waals surface area contributed by atoms with Crippen LogP contribution in [0.1, 0.15) is 39.9 Å². The summed E-state index contributed by atoms with van der Waals surface area (Å²) in [7, 11) is 0. The van der Waals surface area contributed by atoms with E-state index < -0.39 is 0 Å². The average molecular weight is 308 g/mol. The molecule has 0 spiro atoms. The highest BCUT2D eigenvalue weighted by Crippen LogP contribution is 2.13. The first-order chi connectivity index (χ1) is 11.2. The van der Waals surface area contributed by atoms with E-state index in [1.165, 1.54) is 31.5 Å². The second-order valence-electron chi connectivity index (χ2n) is 6.35. The molecule has 1 aliphatic rings. The van der Waals surface area contributed by atoms with Crippen LogP contribution < -0.4 is 5.32 Å². The van der Waals surface area contributed by atoms with Gasteiger partial charge in [0, 0.05) is 18.7 Å². The molecule has 1 amide bonds. The molecule has 120 valence electrons. The van der Waals surface area contributed by atoms with Crippen molar-refractivity contribution in [2.75, 3.05) is 13.1 Å². The lowest BCUT2D eigenvalue weighted by Crippen LogP contribution is -2.23. The molecule has 2 aromatic rings. The summed E-state index contributed by atoms with van der Waals surface area (Å²) in [5.41, 5.74) is 4.30. The van der Waals surface area contributed by atoms with Gasteiger partial charge in [-0.3, -0.25) is 9.69 Å². The average Bonchev–Trinajstić information content (AvgIpc) is 3.07. The predicted molar refractivity (Wildman–Crippen MR) is 93.3 cm³/mol. The van der Waals surface area contributed by atoms with E-state index in [1.54, 1.807) is 0 Å². The normalized spacial score (nSPS) is 14.8. The van der Waals surface area contributed by atoms with Crippen molar-refractivity contribution in [2.45, 2.75) is 32.9 Å². The van der Waals surface area contributed by atoms with Crippen molar-refractivity contribution >= 4 is 5.91 Å². The summed E-state index contributed by atoms with van der Waals surface area (Å²) in [6.45, 7) is 6.03. The molecule has 3 heteroatoms. The number of nitrogens with one attached hydrogen (secondary N) is 1. The number of amides is 1. The standard InChI is InChI=1S/C20H24N2O/c1-16-5-4-6-19(13-16)20(23)21-14-17-7-9-18(10-8-17)15-22-11-2-3-12-22/h4-10,13H,2-3,11-12,14-15H2,1H3,(H,21,23). The number of aryl methyl sites for hydroxylation is 1. The lowest BCUT2D eigenvalue weighted by atomic mass is 10.1. The Morgan fingerprint density at radius 1 is 1.04 bits per heavy atom. The predicted octanol–water partition coefficient (Wildman–Crippen LogP) is 3.52. The van der Waals surface area contributed by atoms with Gasteiger partial charge >= 0.3 is 0 Å². The van der Waals surface area contributed by atoms with Crippen molar-refractivity contribution in [3.63, 3.8) is 0 Å². The third-order valence-corrected chi connectivity index (χ3v) is 4.36. The van der Waals surface area contributed by atoms with E-state index >= 15 is 0 Å². The smallest absolute Gasteiger partial charge is 0.251 e. The summed E-state index contributed by atoms with van der Waals surface area (Å²) in [5.74, 6) is -0.0187. The molecule has 1 heterocycles. The van der Waals surface area contributed by atoms with Crippen LogP contribution in [0.25, 0.3) is 0 Å². The largest absolute Gasteiger partial charge is 0.348 e. The van der Waals surface area contributed by atoms with Gasteiger partial charge in [0.25, 0.3) is 5.91 Å². The van der Waals surface area contributed by atoms with Gasteiger partial charge in [-0.15, -0.1) is 0 Å². The Balaban J connectivity index is 1.52. The number of rotatable bonds is 5. The molecule has 2 aromatic carbocycles. The third-order valence-electron chi connectivity index (χ3n) is 4.36. The number of hydrogen-bond acceptors (Lipinski definition) is 2. The first-order valence-electron chi connectivity index (χ1n) is 8.36. The molecule has 0 unspecified atom stereocenters. The van der Waals surface area contributed by atoms with Crippen molar-refractivity contribution in [3.05, 3.63) is 70.8 Å². The molecule has 0 atom stereocenters. The van der Waals surface area contributed by atoms with E-state index in [-0.39, 0.29) is 5.91 Å². The van der Waals surface area contributed by atoms with E-state index in [0.717, 1.165) is 23.2 Å². The summed E-state index contributed by atoms with van der Waals surface area (Å²) in [6, 6.07) is 16.2. The van der Waals surface area contributed by atoms with E-state index in [2.05, 4.69) is 34.5 Å². The number of likely N-dealkylation sites (tertiary alicyclic amines) is 1. The molecular weight excluding hydrogens is 284 g/mol. The van der Waals surface area contributed by atoms with Crippen molar-refractivity contribution < 1.29 is 4.79 Å². The summed E-state index contributed by atoms with van der Waals surface area (Å²) >= 11 is 0. The minimum atomic E-state index is -0.0187. The first kappa shape index (κ1) is 15.8. The van der Waals surface area contributed by atoms with Crippen molar-refractivity contribution in [3.8, 4) is 0 Å². The van der Waals surface area contributed by atoms with E-state index in [0.29, 0.717) is 6.54 Å². The summed E-state index contributed by atoms with van der Waals surface area (Å²) in [6.07, 6.45) is 2.64. The molecular formula is C20H24N2O. The number of carbonyl (C=O) groups is 1. The quantitative estimate of drug-likeness (QED) is 0.916. The fourth-order valence-corrected chi connectivity index (χ4v) is 3.03. The maximum atomic E-state index is 12.1. The van der Waals surface area contributed by atoms with Crippen LogP contribution in [-0.4, -0.2) is 23.9 Å². The lowest BCUT2D eigenvalue weighted by Gasteiger charge is -2.14. The van der Waals surface area contributed by atoms with Gasteiger partial charge in [-0.05, 0) is 56.1 Å². The number of nitrogens with zero attached hydrogens (tertiary/aromatic N) is 1. The molecule has 1 saturated heterocycles. The molecule has 0 saturated carbocycles. The number of carbonyl (C=O) groups excluding carboxylic acids is 1. The minimum absolute atomic E-state index is 0.0187. The van der Waals surface area contributed by atoms with Gasteiger partial charge in [0.1, 0.15) is 0 Å². The molecule has 0 aliphatic carbocycles. The number of benzene rings is 2.